The van der Waals surface area contributed by atoms with Gasteiger partial charge in [0.05, 0.1) is 12.1 Å². The molecule has 2 aromatic rings. The number of nitrogens with one attached hydrogen (secondary N) is 1. The second-order valence-electron chi connectivity index (χ2n) is 6.89. The van der Waals surface area contributed by atoms with Crippen molar-refractivity contribution >= 4 is 24.1 Å². The van der Waals surface area contributed by atoms with Crippen LogP contribution in [0.2, 0.25) is 0 Å². The van der Waals surface area contributed by atoms with Crippen LogP contribution in [0.25, 0.3) is 0 Å². The van der Waals surface area contributed by atoms with E-state index in [-0.39, 0.29) is 24.0 Å². The maximum absolute atomic E-state index is 12.6. The van der Waals surface area contributed by atoms with Crippen LogP contribution in [0.3, 0.4) is 0 Å². The quantitative estimate of drug-likeness (QED) is 0.892. The summed E-state index contributed by atoms with van der Waals surface area (Å²) >= 11 is 0. The van der Waals surface area contributed by atoms with E-state index in [9.17, 15) is 4.79 Å². The van der Waals surface area contributed by atoms with Crippen LogP contribution in [-0.4, -0.2) is 41.1 Å². The normalized spacial score (nSPS) is 19.0. The number of likely N-dealkylation sites (tertiary alicyclic amines) is 1. The highest BCUT2D eigenvalue weighted by atomic mass is 35.5. The van der Waals surface area contributed by atoms with Gasteiger partial charge in [0.1, 0.15) is 23.0 Å². The number of halogens is 1. The number of aromatic nitrogens is 1. The van der Waals surface area contributed by atoms with E-state index in [1.165, 1.54) is 0 Å². The number of anilines is 1. The first-order valence-electron chi connectivity index (χ1n) is 8.94. The summed E-state index contributed by atoms with van der Waals surface area (Å²) in [6.07, 6.45) is 3.52. The highest BCUT2D eigenvalue weighted by Crippen LogP contribution is 2.36. The van der Waals surface area contributed by atoms with E-state index in [1.54, 1.807) is 6.20 Å². The standard InChI is InChI=1S/C19H24N4O2.ClH/c1-3-23-17-16(5-4-10-20-17)18(24)21-19(23)8-11-22(12-9-19)13-15-7-6-14(2)25-15;/h4-7,10H,3,8-9,11-13H2,1-2H3,(H,21,24);1H. The zero-order chi connectivity index (χ0) is 17.4. The molecule has 7 heteroatoms. The van der Waals surface area contributed by atoms with E-state index in [1.807, 2.05) is 31.2 Å². The maximum atomic E-state index is 12.6. The lowest BCUT2D eigenvalue weighted by Gasteiger charge is -2.51. The van der Waals surface area contributed by atoms with Crippen LogP contribution in [-0.2, 0) is 6.54 Å². The van der Waals surface area contributed by atoms with Crippen LogP contribution in [0.5, 0.6) is 0 Å². The lowest BCUT2D eigenvalue weighted by molar-refractivity contribution is 0.0751. The molecule has 26 heavy (non-hydrogen) atoms. The molecule has 0 aliphatic carbocycles. The van der Waals surface area contributed by atoms with Crippen molar-refractivity contribution in [2.24, 2.45) is 0 Å². The number of piperidine rings is 1. The van der Waals surface area contributed by atoms with E-state index >= 15 is 0 Å². The van der Waals surface area contributed by atoms with Crippen LogP contribution in [0, 0.1) is 6.92 Å². The van der Waals surface area contributed by atoms with E-state index in [4.69, 9.17) is 4.42 Å². The Kier molecular flexibility index (Phi) is 5.25. The summed E-state index contributed by atoms with van der Waals surface area (Å²) < 4.78 is 5.70. The van der Waals surface area contributed by atoms with Crippen LogP contribution in [0.1, 0.15) is 41.6 Å². The number of nitrogens with zero attached hydrogens (tertiary/aromatic N) is 3. The Hall–Kier alpha value is -2.05. The molecule has 1 spiro atoms. The molecule has 0 aromatic carbocycles. The Labute approximate surface area is 160 Å². The fourth-order valence-electron chi connectivity index (χ4n) is 4.06. The van der Waals surface area contributed by atoms with E-state index in [0.29, 0.717) is 5.56 Å². The topological polar surface area (TPSA) is 61.6 Å². The molecule has 1 amide bonds. The Balaban J connectivity index is 0.00000196. The molecule has 4 heterocycles. The van der Waals surface area contributed by atoms with Crippen molar-refractivity contribution < 1.29 is 9.21 Å². The molecule has 0 saturated carbocycles. The SMILES string of the molecule is CCN1c2ncccc2C(=O)NC12CCN(Cc1ccc(C)o1)CC2.Cl. The average Bonchev–Trinajstić information content (AvgIpc) is 3.02. The zero-order valence-corrected chi connectivity index (χ0v) is 16.0. The van der Waals surface area contributed by atoms with Crippen molar-refractivity contribution in [2.75, 3.05) is 24.5 Å². The molecule has 0 radical (unpaired) electrons. The van der Waals surface area contributed by atoms with Gasteiger partial charge in [0.15, 0.2) is 0 Å². The van der Waals surface area contributed by atoms with Crippen molar-refractivity contribution in [1.82, 2.24) is 15.2 Å². The van der Waals surface area contributed by atoms with Gasteiger partial charge in [-0.15, -0.1) is 12.4 Å². The first-order valence-corrected chi connectivity index (χ1v) is 8.94. The Morgan fingerprint density at radius 1 is 1.27 bits per heavy atom. The Morgan fingerprint density at radius 2 is 2.04 bits per heavy atom. The van der Waals surface area contributed by atoms with Gasteiger partial charge < -0.3 is 14.6 Å². The van der Waals surface area contributed by atoms with Gasteiger partial charge in [0.25, 0.3) is 5.91 Å². The van der Waals surface area contributed by atoms with Gasteiger partial charge in [0, 0.05) is 38.7 Å². The molecule has 4 rings (SSSR count). The smallest absolute Gasteiger partial charge is 0.256 e. The van der Waals surface area contributed by atoms with Crippen LogP contribution >= 0.6 is 12.4 Å². The maximum Gasteiger partial charge on any atom is 0.256 e. The predicted octanol–water partition coefficient (Wildman–Crippen LogP) is 2.97. The Morgan fingerprint density at radius 3 is 2.69 bits per heavy atom. The molecule has 0 atom stereocenters. The summed E-state index contributed by atoms with van der Waals surface area (Å²) in [4.78, 5) is 21.7. The number of rotatable bonds is 3. The van der Waals surface area contributed by atoms with Crippen molar-refractivity contribution in [3.8, 4) is 0 Å². The second-order valence-corrected chi connectivity index (χ2v) is 6.89. The minimum Gasteiger partial charge on any atom is -0.465 e. The third kappa shape index (κ3) is 3.19. The van der Waals surface area contributed by atoms with Crippen molar-refractivity contribution in [1.29, 1.82) is 0 Å². The molecule has 2 aromatic heterocycles. The van der Waals surface area contributed by atoms with Gasteiger partial charge in [-0.05, 0) is 38.1 Å². The summed E-state index contributed by atoms with van der Waals surface area (Å²) in [5.74, 6) is 2.75. The third-order valence-electron chi connectivity index (χ3n) is 5.32. The van der Waals surface area contributed by atoms with Gasteiger partial charge in [0.2, 0.25) is 0 Å². The summed E-state index contributed by atoms with van der Waals surface area (Å²) in [5, 5.41) is 3.27. The highest BCUT2D eigenvalue weighted by Gasteiger charge is 2.45. The third-order valence-corrected chi connectivity index (χ3v) is 5.32. The largest absolute Gasteiger partial charge is 0.465 e. The van der Waals surface area contributed by atoms with E-state index < -0.39 is 0 Å². The molecular weight excluding hydrogens is 352 g/mol. The van der Waals surface area contributed by atoms with Gasteiger partial charge in [-0.25, -0.2) is 4.98 Å². The van der Waals surface area contributed by atoms with Gasteiger partial charge >= 0.3 is 0 Å². The number of aryl methyl sites for hydroxylation is 1. The number of hydrogen-bond donors (Lipinski definition) is 1. The highest BCUT2D eigenvalue weighted by molar-refractivity contribution is 6.01. The lowest BCUT2D eigenvalue weighted by atomic mass is 9.91. The molecular formula is C19H25ClN4O2. The van der Waals surface area contributed by atoms with Crippen LogP contribution in [0.4, 0.5) is 5.82 Å². The van der Waals surface area contributed by atoms with Crippen molar-refractivity contribution in [2.45, 2.75) is 38.9 Å². The first-order chi connectivity index (χ1) is 12.1. The predicted molar refractivity (Wildman–Crippen MR) is 103 cm³/mol. The van der Waals surface area contributed by atoms with E-state index in [2.05, 4.69) is 27.0 Å². The monoisotopic (exact) mass is 376 g/mol. The number of pyridine rings is 1. The van der Waals surface area contributed by atoms with Crippen LogP contribution in [0.15, 0.2) is 34.9 Å². The molecule has 1 N–H and O–H groups in total. The van der Waals surface area contributed by atoms with Gasteiger partial charge in [-0.3, -0.25) is 9.69 Å². The Bertz CT molecular complexity index is 783. The molecule has 140 valence electrons. The molecule has 1 saturated heterocycles. The van der Waals surface area contributed by atoms with Crippen molar-refractivity contribution in [3.05, 3.63) is 47.5 Å². The zero-order valence-electron chi connectivity index (χ0n) is 15.2. The number of amides is 1. The number of hydrogen-bond acceptors (Lipinski definition) is 5. The fraction of sp³-hybridized carbons (Fsp3) is 0.474. The van der Waals surface area contributed by atoms with E-state index in [0.717, 1.165) is 56.4 Å². The molecule has 2 aliphatic rings. The summed E-state index contributed by atoms with van der Waals surface area (Å²) in [5.41, 5.74) is 0.339. The molecule has 1 fully saturated rings. The average molecular weight is 377 g/mol. The summed E-state index contributed by atoms with van der Waals surface area (Å²) in [7, 11) is 0. The molecule has 6 nitrogen and oxygen atoms in total. The second kappa shape index (κ2) is 7.29. The first kappa shape index (κ1) is 18.7. The molecule has 0 unspecified atom stereocenters. The number of carbonyl (C=O) groups excluding carboxylic acids is 1. The number of furan rings is 1. The molecule has 0 bridgehead atoms. The van der Waals surface area contributed by atoms with Crippen molar-refractivity contribution in [3.63, 3.8) is 0 Å². The summed E-state index contributed by atoms with van der Waals surface area (Å²) in [6, 6.07) is 7.71. The molecule has 2 aliphatic heterocycles. The summed E-state index contributed by atoms with van der Waals surface area (Å²) in [6.45, 7) is 7.56. The number of fused-ring (bicyclic) bond motifs is 1. The lowest BCUT2D eigenvalue weighted by Crippen LogP contribution is -2.67. The minimum atomic E-state index is -0.331. The van der Waals surface area contributed by atoms with Crippen LogP contribution < -0.4 is 10.2 Å². The minimum absolute atomic E-state index is 0. The van der Waals surface area contributed by atoms with Gasteiger partial charge in [-0.1, -0.05) is 0 Å². The number of carbonyl (C=O) groups is 1. The van der Waals surface area contributed by atoms with Gasteiger partial charge in [-0.2, -0.15) is 0 Å². The fourth-order valence-corrected chi connectivity index (χ4v) is 4.06.